The van der Waals surface area contributed by atoms with Gasteiger partial charge in [0.2, 0.25) is 0 Å². The van der Waals surface area contributed by atoms with Crippen molar-refractivity contribution < 1.29 is 4.79 Å². The first-order valence-electron chi connectivity index (χ1n) is 6.95. The second-order valence-corrected chi connectivity index (χ2v) is 5.87. The molecule has 2 nitrogen and oxygen atoms in total. The van der Waals surface area contributed by atoms with E-state index in [1.807, 2.05) is 36.9 Å². The van der Waals surface area contributed by atoms with Gasteiger partial charge >= 0.3 is 0 Å². The Labute approximate surface area is 122 Å². The standard InChI is InChI=1S/C17H17NOS/c1-3-18(4-2)17(19)12-9-10-16-14(11-12)13-7-5-6-8-15(13)20-16/h5-11H,3-4H2,1-2H3. The molecule has 0 saturated carbocycles. The number of carbonyl (C=O) groups is 1. The molecule has 3 aromatic rings. The van der Waals surface area contributed by atoms with Gasteiger partial charge in [0.05, 0.1) is 0 Å². The van der Waals surface area contributed by atoms with Crippen LogP contribution < -0.4 is 0 Å². The zero-order valence-corrected chi connectivity index (χ0v) is 12.5. The van der Waals surface area contributed by atoms with Crippen LogP contribution in [0.5, 0.6) is 0 Å². The molecule has 0 aliphatic carbocycles. The van der Waals surface area contributed by atoms with Crippen LogP contribution in [0.15, 0.2) is 42.5 Å². The lowest BCUT2D eigenvalue weighted by Crippen LogP contribution is -2.30. The molecule has 1 amide bonds. The Balaban J connectivity index is 2.14. The number of hydrogen-bond donors (Lipinski definition) is 0. The van der Waals surface area contributed by atoms with Gasteiger partial charge in [-0.3, -0.25) is 4.79 Å². The Morgan fingerprint density at radius 2 is 1.70 bits per heavy atom. The molecule has 0 aliphatic heterocycles. The Bertz CT molecular complexity index is 771. The smallest absolute Gasteiger partial charge is 0.253 e. The number of hydrogen-bond acceptors (Lipinski definition) is 2. The first-order chi connectivity index (χ1) is 9.74. The largest absolute Gasteiger partial charge is 0.339 e. The molecule has 1 aromatic heterocycles. The van der Waals surface area contributed by atoms with Crippen LogP contribution in [0.2, 0.25) is 0 Å². The maximum absolute atomic E-state index is 12.4. The maximum atomic E-state index is 12.4. The number of benzene rings is 2. The molecule has 0 saturated heterocycles. The van der Waals surface area contributed by atoms with Crippen molar-refractivity contribution in [3.8, 4) is 0 Å². The average Bonchev–Trinajstić information content (AvgIpc) is 2.86. The average molecular weight is 283 g/mol. The van der Waals surface area contributed by atoms with Gasteiger partial charge in [-0.05, 0) is 38.1 Å². The van der Waals surface area contributed by atoms with Crippen LogP contribution in [-0.2, 0) is 0 Å². The minimum atomic E-state index is 0.118. The van der Waals surface area contributed by atoms with E-state index in [1.165, 1.54) is 20.2 Å². The van der Waals surface area contributed by atoms with E-state index in [0.717, 1.165) is 18.7 Å². The normalized spacial score (nSPS) is 11.1. The van der Waals surface area contributed by atoms with Crippen molar-refractivity contribution in [2.75, 3.05) is 13.1 Å². The van der Waals surface area contributed by atoms with Gasteiger partial charge in [-0.1, -0.05) is 18.2 Å². The predicted octanol–water partition coefficient (Wildman–Crippen LogP) is 4.54. The van der Waals surface area contributed by atoms with Gasteiger partial charge in [0, 0.05) is 38.8 Å². The number of nitrogens with zero attached hydrogens (tertiary/aromatic N) is 1. The molecule has 20 heavy (non-hydrogen) atoms. The Hall–Kier alpha value is -1.87. The van der Waals surface area contributed by atoms with E-state index < -0.39 is 0 Å². The van der Waals surface area contributed by atoms with E-state index in [1.54, 1.807) is 11.3 Å². The number of amides is 1. The summed E-state index contributed by atoms with van der Waals surface area (Å²) in [6.07, 6.45) is 0. The highest BCUT2D eigenvalue weighted by atomic mass is 32.1. The van der Waals surface area contributed by atoms with Crippen LogP contribution in [0.25, 0.3) is 20.2 Å². The van der Waals surface area contributed by atoms with Gasteiger partial charge < -0.3 is 4.90 Å². The lowest BCUT2D eigenvalue weighted by molar-refractivity contribution is 0.0773. The fraction of sp³-hybridized carbons (Fsp3) is 0.235. The first-order valence-corrected chi connectivity index (χ1v) is 7.76. The van der Waals surface area contributed by atoms with Crippen molar-refractivity contribution in [1.29, 1.82) is 0 Å². The first kappa shape index (κ1) is 13.1. The van der Waals surface area contributed by atoms with Gasteiger partial charge in [-0.2, -0.15) is 0 Å². The number of carbonyl (C=O) groups excluding carboxylic acids is 1. The number of thiophene rings is 1. The van der Waals surface area contributed by atoms with Crippen LogP contribution in [0.4, 0.5) is 0 Å². The van der Waals surface area contributed by atoms with Crippen molar-refractivity contribution in [3.63, 3.8) is 0 Å². The second kappa shape index (κ2) is 5.25. The van der Waals surface area contributed by atoms with Crippen molar-refractivity contribution in [3.05, 3.63) is 48.0 Å². The molecule has 3 heteroatoms. The Morgan fingerprint density at radius 3 is 2.45 bits per heavy atom. The lowest BCUT2D eigenvalue weighted by atomic mass is 10.1. The molecule has 0 fully saturated rings. The number of rotatable bonds is 3. The zero-order valence-electron chi connectivity index (χ0n) is 11.7. The van der Waals surface area contributed by atoms with Crippen molar-refractivity contribution in [2.45, 2.75) is 13.8 Å². The molecular weight excluding hydrogens is 266 g/mol. The minimum absolute atomic E-state index is 0.118. The SMILES string of the molecule is CCN(CC)C(=O)c1ccc2sc3ccccc3c2c1. The molecule has 0 N–H and O–H groups in total. The van der Waals surface area contributed by atoms with Gasteiger partial charge in [0.25, 0.3) is 5.91 Å². The topological polar surface area (TPSA) is 20.3 Å². The summed E-state index contributed by atoms with van der Waals surface area (Å²) >= 11 is 1.78. The lowest BCUT2D eigenvalue weighted by Gasteiger charge is -2.18. The summed E-state index contributed by atoms with van der Waals surface area (Å²) in [5, 5.41) is 2.42. The quantitative estimate of drug-likeness (QED) is 0.691. The van der Waals surface area contributed by atoms with Gasteiger partial charge in [-0.15, -0.1) is 11.3 Å². The highest BCUT2D eigenvalue weighted by molar-refractivity contribution is 7.25. The molecule has 0 atom stereocenters. The minimum Gasteiger partial charge on any atom is -0.339 e. The third kappa shape index (κ3) is 2.08. The van der Waals surface area contributed by atoms with Crippen molar-refractivity contribution in [1.82, 2.24) is 4.90 Å². The van der Waals surface area contributed by atoms with Crippen molar-refractivity contribution >= 4 is 37.4 Å². The van der Waals surface area contributed by atoms with Gasteiger partial charge in [0.1, 0.15) is 0 Å². The fourth-order valence-corrected chi connectivity index (χ4v) is 3.64. The number of fused-ring (bicyclic) bond motifs is 3. The summed E-state index contributed by atoms with van der Waals surface area (Å²) in [6, 6.07) is 14.4. The second-order valence-electron chi connectivity index (χ2n) is 4.79. The molecule has 3 rings (SSSR count). The summed E-state index contributed by atoms with van der Waals surface area (Å²) in [7, 11) is 0. The summed E-state index contributed by atoms with van der Waals surface area (Å²) < 4.78 is 2.51. The Kier molecular flexibility index (Phi) is 3.45. The molecule has 2 aromatic carbocycles. The van der Waals surface area contributed by atoms with Gasteiger partial charge in [0.15, 0.2) is 0 Å². The molecule has 0 aliphatic rings. The Morgan fingerprint density at radius 1 is 1.00 bits per heavy atom. The highest BCUT2D eigenvalue weighted by Gasteiger charge is 2.14. The summed E-state index contributed by atoms with van der Waals surface area (Å²) in [5.41, 5.74) is 0.782. The van der Waals surface area contributed by atoms with Crippen LogP contribution in [-0.4, -0.2) is 23.9 Å². The van der Waals surface area contributed by atoms with Crippen LogP contribution in [0.3, 0.4) is 0 Å². The summed E-state index contributed by atoms with van der Waals surface area (Å²) in [5.74, 6) is 0.118. The molecule has 102 valence electrons. The molecule has 1 heterocycles. The van der Waals surface area contributed by atoms with E-state index in [2.05, 4.69) is 24.3 Å². The van der Waals surface area contributed by atoms with E-state index in [-0.39, 0.29) is 5.91 Å². The molecule has 0 spiro atoms. The van der Waals surface area contributed by atoms with Crippen LogP contribution in [0, 0.1) is 0 Å². The van der Waals surface area contributed by atoms with E-state index in [0.29, 0.717) is 0 Å². The molecular formula is C17H17NOS. The molecule has 0 radical (unpaired) electrons. The third-order valence-corrected chi connectivity index (χ3v) is 4.83. The summed E-state index contributed by atoms with van der Waals surface area (Å²) in [6.45, 7) is 5.52. The predicted molar refractivity (Wildman–Crippen MR) is 86.6 cm³/mol. The molecule has 0 unspecified atom stereocenters. The third-order valence-electron chi connectivity index (χ3n) is 3.67. The van der Waals surface area contributed by atoms with E-state index in [9.17, 15) is 4.79 Å². The summed E-state index contributed by atoms with van der Waals surface area (Å²) in [4.78, 5) is 14.3. The van der Waals surface area contributed by atoms with Crippen molar-refractivity contribution in [2.24, 2.45) is 0 Å². The van der Waals surface area contributed by atoms with E-state index in [4.69, 9.17) is 0 Å². The van der Waals surface area contributed by atoms with Crippen LogP contribution in [0.1, 0.15) is 24.2 Å². The fourth-order valence-electron chi connectivity index (χ4n) is 2.55. The maximum Gasteiger partial charge on any atom is 0.253 e. The molecule has 0 bridgehead atoms. The zero-order chi connectivity index (χ0) is 14.1. The van der Waals surface area contributed by atoms with Crippen LogP contribution >= 0.6 is 11.3 Å². The van der Waals surface area contributed by atoms with E-state index >= 15 is 0 Å². The van der Waals surface area contributed by atoms with Gasteiger partial charge in [-0.25, -0.2) is 0 Å². The highest BCUT2D eigenvalue weighted by Crippen LogP contribution is 2.34. The monoisotopic (exact) mass is 283 g/mol.